The van der Waals surface area contributed by atoms with Crippen molar-refractivity contribution in [2.24, 2.45) is 0 Å². The number of carboxylic acids is 1. The lowest BCUT2D eigenvalue weighted by Crippen LogP contribution is -1.95. The molecule has 0 amide bonds. The highest BCUT2D eigenvalue weighted by Gasteiger charge is 2.12. The lowest BCUT2D eigenvalue weighted by atomic mass is 10.1. The third-order valence-electron chi connectivity index (χ3n) is 2.87. The van der Waals surface area contributed by atoms with Gasteiger partial charge < -0.3 is 15.1 Å². The van der Waals surface area contributed by atoms with Gasteiger partial charge in [0.15, 0.2) is 0 Å². The quantitative estimate of drug-likeness (QED) is 0.648. The van der Waals surface area contributed by atoms with E-state index in [1.54, 1.807) is 24.4 Å². The molecule has 0 aliphatic heterocycles. The van der Waals surface area contributed by atoms with Crippen molar-refractivity contribution in [3.05, 3.63) is 48.0 Å². The average Bonchev–Trinajstić information content (AvgIpc) is 2.94. The Labute approximate surface area is 101 Å². The van der Waals surface area contributed by atoms with Crippen molar-refractivity contribution >= 4 is 16.9 Å². The number of aromatic nitrogens is 2. The lowest BCUT2D eigenvalue weighted by molar-refractivity contribution is 0.0691. The van der Waals surface area contributed by atoms with E-state index in [2.05, 4.69) is 9.97 Å². The number of para-hydroxylation sites is 1. The van der Waals surface area contributed by atoms with E-state index in [1.807, 2.05) is 0 Å². The Balaban J connectivity index is 2.19. The van der Waals surface area contributed by atoms with Gasteiger partial charge in [-0.1, -0.05) is 12.1 Å². The highest BCUT2D eigenvalue weighted by atomic mass is 19.1. The van der Waals surface area contributed by atoms with E-state index in [1.165, 1.54) is 12.1 Å². The third-order valence-corrected chi connectivity index (χ3v) is 2.87. The number of halogens is 1. The molecule has 3 aromatic rings. The Kier molecular flexibility index (Phi) is 2.19. The van der Waals surface area contributed by atoms with Gasteiger partial charge in [0.2, 0.25) is 0 Å². The van der Waals surface area contributed by atoms with Gasteiger partial charge in [-0.3, -0.25) is 0 Å². The molecule has 4 nitrogen and oxygen atoms in total. The molecule has 18 heavy (non-hydrogen) atoms. The van der Waals surface area contributed by atoms with Crippen molar-refractivity contribution in [2.75, 3.05) is 0 Å². The van der Waals surface area contributed by atoms with Crippen LogP contribution in [0.2, 0.25) is 0 Å². The Morgan fingerprint density at radius 3 is 2.78 bits per heavy atom. The second kappa shape index (κ2) is 3.73. The summed E-state index contributed by atoms with van der Waals surface area (Å²) < 4.78 is 13.5. The van der Waals surface area contributed by atoms with Crippen LogP contribution in [-0.2, 0) is 0 Å². The Morgan fingerprint density at radius 1 is 1.22 bits per heavy atom. The van der Waals surface area contributed by atoms with Crippen LogP contribution in [0.4, 0.5) is 4.39 Å². The number of nitrogens with one attached hydrogen (secondary N) is 2. The number of hydrogen-bond acceptors (Lipinski definition) is 1. The van der Waals surface area contributed by atoms with Crippen LogP contribution in [0.3, 0.4) is 0 Å². The van der Waals surface area contributed by atoms with Crippen LogP contribution in [0.15, 0.2) is 36.5 Å². The van der Waals surface area contributed by atoms with Crippen molar-refractivity contribution in [3.63, 3.8) is 0 Å². The molecule has 2 heterocycles. The molecule has 0 unspecified atom stereocenters. The van der Waals surface area contributed by atoms with Crippen molar-refractivity contribution in [2.45, 2.75) is 0 Å². The van der Waals surface area contributed by atoms with Gasteiger partial charge >= 0.3 is 5.97 Å². The molecule has 0 saturated carbocycles. The maximum atomic E-state index is 13.5. The summed E-state index contributed by atoms with van der Waals surface area (Å²) in [4.78, 5) is 16.4. The van der Waals surface area contributed by atoms with Gasteiger partial charge in [0, 0.05) is 22.8 Å². The molecule has 0 saturated heterocycles. The van der Waals surface area contributed by atoms with E-state index < -0.39 is 5.97 Å². The highest BCUT2D eigenvalue weighted by Crippen LogP contribution is 2.29. The molecule has 1 aromatic carbocycles. The summed E-state index contributed by atoms with van der Waals surface area (Å²) in [6.45, 7) is 0. The van der Waals surface area contributed by atoms with Gasteiger partial charge in [-0.05, 0) is 18.2 Å². The zero-order chi connectivity index (χ0) is 12.7. The highest BCUT2D eigenvalue weighted by molar-refractivity contribution is 5.96. The van der Waals surface area contributed by atoms with Gasteiger partial charge in [0.25, 0.3) is 0 Å². The molecular weight excluding hydrogens is 235 g/mol. The summed E-state index contributed by atoms with van der Waals surface area (Å²) in [6, 6.07) is 7.92. The summed E-state index contributed by atoms with van der Waals surface area (Å²) >= 11 is 0. The van der Waals surface area contributed by atoms with Crippen LogP contribution in [0.25, 0.3) is 22.2 Å². The van der Waals surface area contributed by atoms with E-state index in [9.17, 15) is 9.18 Å². The number of aromatic amines is 2. The predicted octanol–water partition coefficient (Wildman–Crippen LogP) is 3.00. The second-order valence-electron chi connectivity index (χ2n) is 3.96. The maximum absolute atomic E-state index is 13.5. The molecule has 90 valence electrons. The normalized spacial score (nSPS) is 10.9. The molecule has 0 radical (unpaired) electrons. The van der Waals surface area contributed by atoms with Crippen molar-refractivity contribution in [1.82, 2.24) is 9.97 Å². The first-order valence-corrected chi connectivity index (χ1v) is 5.35. The first-order chi connectivity index (χ1) is 8.66. The molecule has 3 N–H and O–H groups in total. The first kappa shape index (κ1) is 10.6. The van der Waals surface area contributed by atoms with Crippen LogP contribution in [-0.4, -0.2) is 21.0 Å². The predicted molar refractivity (Wildman–Crippen MR) is 65.0 cm³/mol. The van der Waals surface area contributed by atoms with Gasteiger partial charge in [0.05, 0.1) is 5.52 Å². The lowest BCUT2D eigenvalue weighted by Gasteiger charge is -1.96. The van der Waals surface area contributed by atoms with E-state index in [0.29, 0.717) is 16.6 Å². The van der Waals surface area contributed by atoms with Gasteiger partial charge in [-0.2, -0.15) is 0 Å². The Morgan fingerprint density at radius 2 is 2.06 bits per heavy atom. The van der Waals surface area contributed by atoms with E-state index in [-0.39, 0.29) is 11.5 Å². The molecule has 0 aliphatic rings. The van der Waals surface area contributed by atoms with Crippen molar-refractivity contribution < 1.29 is 14.3 Å². The SMILES string of the molecule is O=C(O)c1ccc(-c2c[nH]c3c(F)cccc23)[nH]1. The fraction of sp³-hybridized carbons (Fsp3) is 0. The Hall–Kier alpha value is -2.56. The monoisotopic (exact) mass is 244 g/mol. The second-order valence-corrected chi connectivity index (χ2v) is 3.96. The molecule has 0 atom stereocenters. The maximum Gasteiger partial charge on any atom is 0.352 e. The molecule has 5 heteroatoms. The fourth-order valence-electron chi connectivity index (χ4n) is 2.02. The van der Waals surface area contributed by atoms with Crippen molar-refractivity contribution in [3.8, 4) is 11.3 Å². The minimum Gasteiger partial charge on any atom is -0.477 e. The molecule has 0 aliphatic carbocycles. The summed E-state index contributed by atoms with van der Waals surface area (Å²) in [5, 5.41) is 9.57. The van der Waals surface area contributed by atoms with Gasteiger partial charge in [-0.25, -0.2) is 9.18 Å². The van der Waals surface area contributed by atoms with Gasteiger partial charge in [0.1, 0.15) is 11.5 Å². The number of rotatable bonds is 2. The number of fused-ring (bicyclic) bond motifs is 1. The van der Waals surface area contributed by atoms with Crippen LogP contribution in [0, 0.1) is 5.82 Å². The summed E-state index contributed by atoms with van der Waals surface area (Å²) in [5.74, 6) is -1.35. The third kappa shape index (κ3) is 1.48. The number of carbonyl (C=O) groups is 1. The van der Waals surface area contributed by atoms with E-state index in [0.717, 1.165) is 5.56 Å². The molecule has 3 rings (SSSR count). The molecule has 0 fully saturated rings. The first-order valence-electron chi connectivity index (χ1n) is 5.35. The van der Waals surface area contributed by atoms with Crippen LogP contribution >= 0.6 is 0 Å². The fourth-order valence-corrected chi connectivity index (χ4v) is 2.02. The van der Waals surface area contributed by atoms with Crippen LogP contribution in [0.1, 0.15) is 10.5 Å². The molecule has 0 spiro atoms. The molecule has 0 bridgehead atoms. The molecule has 2 aromatic heterocycles. The minimum atomic E-state index is -1.02. The molecular formula is C13H9FN2O2. The summed E-state index contributed by atoms with van der Waals surface area (Å²) in [5.41, 5.74) is 1.91. The number of aromatic carboxylic acids is 1. The zero-order valence-corrected chi connectivity index (χ0v) is 9.20. The van der Waals surface area contributed by atoms with E-state index in [4.69, 9.17) is 5.11 Å². The van der Waals surface area contributed by atoms with Crippen molar-refractivity contribution in [1.29, 1.82) is 0 Å². The largest absolute Gasteiger partial charge is 0.477 e. The smallest absolute Gasteiger partial charge is 0.352 e. The summed E-state index contributed by atoms with van der Waals surface area (Å²) in [6.07, 6.45) is 1.66. The number of benzene rings is 1. The standard InChI is InChI=1S/C13H9FN2O2/c14-9-3-1-2-7-8(6-15-12(7)9)10-4-5-11(16-10)13(17)18/h1-6,15-16H,(H,17,18). The van der Waals surface area contributed by atoms with Gasteiger partial charge in [-0.15, -0.1) is 0 Å². The van der Waals surface area contributed by atoms with Crippen LogP contribution < -0.4 is 0 Å². The summed E-state index contributed by atoms with van der Waals surface area (Å²) in [7, 11) is 0. The number of H-pyrrole nitrogens is 2. The van der Waals surface area contributed by atoms with Crippen LogP contribution in [0.5, 0.6) is 0 Å². The Bertz CT molecular complexity index is 742. The number of carboxylic acid groups (broad SMARTS) is 1. The zero-order valence-electron chi connectivity index (χ0n) is 9.20. The minimum absolute atomic E-state index is 0.107. The van der Waals surface area contributed by atoms with E-state index >= 15 is 0 Å². The average molecular weight is 244 g/mol. The number of hydrogen-bond donors (Lipinski definition) is 3. The topological polar surface area (TPSA) is 68.9 Å².